The average molecular weight is 645 g/mol. The number of halogens is 2. The third-order valence-corrected chi connectivity index (χ3v) is 8.77. The summed E-state index contributed by atoms with van der Waals surface area (Å²) >= 11 is 13.7. The predicted octanol–water partition coefficient (Wildman–Crippen LogP) is 5.56. The molecule has 2 heterocycles. The van der Waals surface area contributed by atoms with E-state index in [1.165, 1.54) is 52.3 Å². The van der Waals surface area contributed by atoms with Crippen LogP contribution in [0.3, 0.4) is 0 Å². The van der Waals surface area contributed by atoms with Crippen LogP contribution in [0.2, 0.25) is 5.02 Å². The number of carbonyl (C=O) groups is 1. The Hall–Kier alpha value is -2.89. The van der Waals surface area contributed by atoms with Crippen molar-refractivity contribution in [3.63, 3.8) is 0 Å². The molecule has 2 aromatic heterocycles. The fraction of sp³-hybridized carbons (Fsp3) is 0.261. The molecule has 4 rings (SSSR count). The van der Waals surface area contributed by atoms with E-state index >= 15 is 0 Å². The molecule has 0 aliphatic heterocycles. The number of hydrogen-bond acceptors (Lipinski definition) is 11. The van der Waals surface area contributed by atoms with E-state index in [1.807, 2.05) is 6.92 Å². The second-order valence-corrected chi connectivity index (χ2v) is 13.0. The minimum Gasteiger partial charge on any atom is -0.492 e. The summed E-state index contributed by atoms with van der Waals surface area (Å²) in [6, 6.07) is 7.53. The van der Waals surface area contributed by atoms with Crippen LogP contribution in [0.15, 0.2) is 41.0 Å². The Morgan fingerprint density at radius 1 is 1.30 bits per heavy atom. The molecule has 0 atom stereocenters. The van der Waals surface area contributed by atoms with E-state index in [-0.39, 0.29) is 23.7 Å². The van der Waals surface area contributed by atoms with Gasteiger partial charge in [0.2, 0.25) is 5.91 Å². The summed E-state index contributed by atoms with van der Waals surface area (Å²) < 4.78 is 52.2. The van der Waals surface area contributed by atoms with Crippen molar-refractivity contribution in [1.29, 1.82) is 0 Å². The average Bonchev–Trinajstić information content (AvgIpc) is 3.23. The molecule has 11 nitrogen and oxygen atoms in total. The molecular weight excluding hydrogens is 623 g/mol. The van der Waals surface area contributed by atoms with Crippen molar-refractivity contribution < 1.29 is 26.9 Å². The van der Waals surface area contributed by atoms with Crippen LogP contribution in [0, 0.1) is 9.77 Å². The highest BCUT2D eigenvalue weighted by atomic mass is 35.5. The van der Waals surface area contributed by atoms with Crippen LogP contribution < -0.4 is 15.4 Å². The summed E-state index contributed by atoms with van der Waals surface area (Å²) in [7, 11) is -4.02. The van der Waals surface area contributed by atoms with E-state index < -0.39 is 21.8 Å². The van der Waals surface area contributed by atoms with Crippen LogP contribution in [0.5, 0.6) is 5.75 Å². The molecule has 0 aliphatic rings. The summed E-state index contributed by atoms with van der Waals surface area (Å²) in [6.45, 7) is 1.98. The minimum atomic E-state index is -4.02. The van der Waals surface area contributed by atoms with Crippen molar-refractivity contribution in [1.82, 2.24) is 19.7 Å². The number of benzene rings is 2. The van der Waals surface area contributed by atoms with Gasteiger partial charge in [-0.3, -0.25) is 9.35 Å². The lowest BCUT2D eigenvalue weighted by molar-refractivity contribution is -0.117. The van der Waals surface area contributed by atoms with E-state index in [0.717, 1.165) is 0 Å². The Bertz CT molecular complexity index is 1720. The number of carbonyl (C=O) groups excluding carboxylic acids is 1. The summed E-state index contributed by atoms with van der Waals surface area (Å²) in [5, 5.41) is 10.8. The molecule has 3 N–H and O–H groups in total. The monoisotopic (exact) mass is 644 g/mol. The molecule has 0 saturated heterocycles. The molecule has 0 spiro atoms. The molecular formula is C23H22ClFN6O5S4. The fourth-order valence-corrected chi connectivity index (χ4v) is 6.65. The number of aromatic nitrogens is 4. The van der Waals surface area contributed by atoms with Gasteiger partial charge in [0.15, 0.2) is 8.29 Å². The number of thioether (sulfide) groups is 1. The second-order valence-electron chi connectivity index (χ2n) is 8.10. The maximum Gasteiger partial charge on any atom is 0.264 e. The first kappa shape index (κ1) is 30.1. The van der Waals surface area contributed by atoms with E-state index in [4.69, 9.17) is 33.1 Å². The van der Waals surface area contributed by atoms with Crippen LogP contribution in [-0.2, 0) is 21.5 Å². The summed E-state index contributed by atoms with van der Waals surface area (Å²) in [5.41, 5.74) is 1.43. The highest BCUT2D eigenvalue weighted by Crippen LogP contribution is 2.34. The van der Waals surface area contributed by atoms with Crippen LogP contribution in [0.1, 0.15) is 13.3 Å². The molecule has 17 heteroatoms. The second kappa shape index (κ2) is 13.2. The third-order valence-electron chi connectivity index (χ3n) is 5.15. The van der Waals surface area contributed by atoms with Gasteiger partial charge in [0.25, 0.3) is 10.1 Å². The molecule has 2 aromatic carbocycles. The molecule has 0 unspecified atom stereocenters. The van der Waals surface area contributed by atoms with Crippen molar-refractivity contribution in [2.24, 2.45) is 0 Å². The van der Waals surface area contributed by atoms with Crippen molar-refractivity contribution in [2.45, 2.75) is 24.2 Å². The first-order chi connectivity index (χ1) is 19.0. The van der Waals surface area contributed by atoms with Crippen LogP contribution in [0.4, 0.5) is 21.6 Å². The summed E-state index contributed by atoms with van der Waals surface area (Å²) in [4.78, 5) is 21.6. The van der Waals surface area contributed by atoms with E-state index in [0.29, 0.717) is 54.5 Å². The molecule has 212 valence electrons. The Kier molecular flexibility index (Phi) is 9.91. The first-order valence-corrected chi connectivity index (χ1v) is 15.8. The smallest absolute Gasteiger partial charge is 0.264 e. The molecule has 0 bridgehead atoms. The van der Waals surface area contributed by atoms with Crippen molar-refractivity contribution >= 4 is 91.0 Å². The molecule has 0 aliphatic carbocycles. The van der Waals surface area contributed by atoms with Crippen LogP contribution in [0.25, 0.3) is 10.9 Å². The van der Waals surface area contributed by atoms with Crippen molar-refractivity contribution in [2.75, 3.05) is 28.7 Å². The number of hydrogen-bond donors (Lipinski definition) is 3. The zero-order valence-corrected chi connectivity index (χ0v) is 24.8. The SMILES string of the molecule is CCOc1cc2ncnc(Nc3ccc(F)c(Cl)c3)c2cc1NC(=O)Cn1nc(SCCCS(=O)(=O)O)sc1=S. The van der Waals surface area contributed by atoms with Gasteiger partial charge in [0, 0.05) is 22.9 Å². The maximum atomic E-state index is 13.6. The number of ether oxygens (including phenoxy) is 1. The number of nitrogens with zero attached hydrogens (tertiary/aromatic N) is 4. The zero-order chi connectivity index (χ0) is 28.9. The van der Waals surface area contributed by atoms with E-state index in [2.05, 4.69) is 25.7 Å². The third kappa shape index (κ3) is 8.08. The Morgan fingerprint density at radius 3 is 2.83 bits per heavy atom. The van der Waals surface area contributed by atoms with Gasteiger partial charge in [-0.2, -0.15) is 13.5 Å². The van der Waals surface area contributed by atoms with Gasteiger partial charge in [0.1, 0.15) is 30.3 Å². The van der Waals surface area contributed by atoms with Gasteiger partial charge in [-0.25, -0.2) is 19.0 Å². The molecule has 0 fully saturated rings. The van der Waals surface area contributed by atoms with Gasteiger partial charge in [-0.15, -0.1) is 0 Å². The quantitative estimate of drug-likeness (QED) is 0.0770. The van der Waals surface area contributed by atoms with Crippen molar-refractivity contribution in [3.8, 4) is 5.75 Å². The Balaban J connectivity index is 1.52. The zero-order valence-electron chi connectivity index (χ0n) is 20.8. The highest BCUT2D eigenvalue weighted by molar-refractivity contribution is 8.01. The Labute approximate surface area is 246 Å². The fourth-order valence-electron chi connectivity index (χ4n) is 3.44. The maximum absolute atomic E-state index is 13.6. The standard InChI is InChI=1S/C23H22ClFN6O5S4/c1-2-36-19-10-17-14(21(27-12-26-17)28-13-4-5-16(25)15(24)8-13)9-18(19)29-20(32)11-31-23(37)39-22(30-31)38-6-3-7-40(33,34)35/h4-5,8-10,12H,2-3,6-7,11H2,1H3,(H,29,32)(H,26,27,28)(H,33,34,35). The van der Waals surface area contributed by atoms with Gasteiger partial charge < -0.3 is 15.4 Å². The Morgan fingerprint density at radius 2 is 2.10 bits per heavy atom. The minimum absolute atomic E-state index is 0.0461. The lowest BCUT2D eigenvalue weighted by Crippen LogP contribution is -2.20. The number of rotatable bonds is 12. The van der Waals surface area contributed by atoms with Crippen molar-refractivity contribution in [3.05, 3.63) is 51.5 Å². The molecule has 0 radical (unpaired) electrons. The van der Waals surface area contributed by atoms with Gasteiger partial charge in [-0.1, -0.05) is 34.7 Å². The summed E-state index contributed by atoms with van der Waals surface area (Å²) in [5.74, 6) is -0.0949. The number of anilines is 3. The molecule has 4 aromatic rings. The van der Waals surface area contributed by atoms with Gasteiger partial charge >= 0.3 is 0 Å². The molecule has 0 saturated carbocycles. The lowest BCUT2D eigenvalue weighted by atomic mass is 10.1. The van der Waals surface area contributed by atoms with E-state index in [9.17, 15) is 17.6 Å². The summed E-state index contributed by atoms with van der Waals surface area (Å²) in [6.07, 6.45) is 1.61. The predicted molar refractivity (Wildman–Crippen MR) is 157 cm³/mol. The molecule has 1 amide bonds. The topological polar surface area (TPSA) is 148 Å². The highest BCUT2D eigenvalue weighted by Gasteiger charge is 2.16. The van der Waals surface area contributed by atoms with Crippen LogP contribution >= 0.6 is 46.9 Å². The number of fused-ring (bicyclic) bond motifs is 1. The van der Waals surface area contributed by atoms with E-state index in [1.54, 1.807) is 12.1 Å². The largest absolute Gasteiger partial charge is 0.492 e. The number of amides is 1. The lowest BCUT2D eigenvalue weighted by Gasteiger charge is -2.15. The molecule has 40 heavy (non-hydrogen) atoms. The van der Waals surface area contributed by atoms with Gasteiger partial charge in [0.05, 0.1) is 28.6 Å². The van der Waals surface area contributed by atoms with Crippen LogP contribution in [-0.4, -0.2) is 56.7 Å². The number of nitrogens with one attached hydrogen (secondary N) is 2. The normalized spacial score (nSPS) is 11.5. The van der Waals surface area contributed by atoms with Gasteiger partial charge in [-0.05, 0) is 49.8 Å². The first-order valence-electron chi connectivity index (χ1n) is 11.6.